The van der Waals surface area contributed by atoms with Crippen molar-refractivity contribution in [3.05, 3.63) is 54.1 Å². The van der Waals surface area contributed by atoms with Gasteiger partial charge in [0.05, 0.1) is 24.2 Å². The molecule has 154 valence electrons. The lowest BCUT2D eigenvalue weighted by atomic mass is 10.1. The first kappa shape index (κ1) is 20.5. The van der Waals surface area contributed by atoms with Crippen LogP contribution >= 0.6 is 0 Å². The molecular weight excluding hydrogens is 377 g/mol. The third-order valence-corrected chi connectivity index (χ3v) is 4.50. The quantitative estimate of drug-likeness (QED) is 0.804. The van der Waals surface area contributed by atoms with Crippen molar-refractivity contribution < 1.29 is 18.7 Å². The highest BCUT2D eigenvalue weighted by atomic mass is 19.1. The summed E-state index contributed by atoms with van der Waals surface area (Å²) in [6.45, 7) is 5.29. The molecule has 3 rings (SSSR count). The van der Waals surface area contributed by atoms with Crippen LogP contribution in [0.15, 0.2) is 42.7 Å². The predicted molar refractivity (Wildman–Crippen MR) is 107 cm³/mol. The lowest BCUT2D eigenvalue weighted by Gasteiger charge is -2.34. The van der Waals surface area contributed by atoms with Crippen LogP contribution in [0.1, 0.15) is 12.5 Å². The van der Waals surface area contributed by atoms with Gasteiger partial charge >= 0.3 is 12.1 Å². The third kappa shape index (κ3) is 5.89. The molecule has 1 aliphatic heterocycles. The number of hydrogen-bond donors (Lipinski definition) is 2. The Morgan fingerprint density at radius 1 is 1.17 bits per heavy atom. The fourth-order valence-corrected chi connectivity index (χ4v) is 3.05. The smallest absolute Gasteiger partial charge is 0.409 e. The zero-order chi connectivity index (χ0) is 20.6. The molecule has 8 nitrogen and oxygen atoms in total. The normalized spacial score (nSPS) is 14.3. The van der Waals surface area contributed by atoms with Gasteiger partial charge in [0, 0.05) is 38.9 Å². The molecule has 0 bridgehead atoms. The summed E-state index contributed by atoms with van der Waals surface area (Å²) < 4.78 is 19.2. The number of ether oxygens (including phenoxy) is 1. The Balaban J connectivity index is 1.55. The van der Waals surface area contributed by atoms with Gasteiger partial charge in [-0.25, -0.2) is 14.0 Å². The lowest BCUT2D eigenvalue weighted by molar-refractivity contribution is 0.0778. The molecule has 0 radical (unpaired) electrons. The summed E-state index contributed by atoms with van der Waals surface area (Å²) in [5.41, 5.74) is 1.49. The zero-order valence-electron chi connectivity index (χ0n) is 16.2. The van der Waals surface area contributed by atoms with Crippen molar-refractivity contribution in [1.29, 1.82) is 0 Å². The van der Waals surface area contributed by atoms with E-state index in [4.69, 9.17) is 4.74 Å². The van der Waals surface area contributed by atoms with E-state index in [9.17, 15) is 14.0 Å². The topological polar surface area (TPSA) is 86.8 Å². The van der Waals surface area contributed by atoms with Gasteiger partial charge in [-0.05, 0) is 36.8 Å². The number of nitrogens with zero attached hydrogens (tertiary/aromatic N) is 3. The summed E-state index contributed by atoms with van der Waals surface area (Å²) in [5.74, 6) is -0.512. The number of aromatic nitrogens is 1. The van der Waals surface area contributed by atoms with Crippen LogP contribution in [0.3, 0.4) is 0 Å². The summed E-state index contributed by atoms with van der Waals surface area (Å²) in [7, 11) is 0. The maximum absolute atomic E-state index is 14.1. The molecule has 2 aromatic rings. The van der Waals surface area contributed by atoms with Crippen LogP contribution in [0.25, 0.3) is 0 Å². The summed E-state index contributed by atoms with van der Waals surface area (Å²) in [4.78, 5) is 31.6. The van der Waals surface area contributed by atoms with Gasteiger partial charge in [0.2, 0.25) is 0 Å². The molecule has 1 fully saturated rings. The van der Waals surface area contributed by atoms with E-state index in [2.05, 4.69) is 20.5 Å². The van der Waals surface area contributed by atoms with Crippen LogP contribution in [-0.2, 0) is 11.3 Å². The van der Waals surface area contributed by atoms with Crippen molar-refractivity contribution in [3.63, 3.8) is 0 Å². The Kier molecular flexibility index (Phi) is 6.96. The Labute approximate surface area is 168 Å². The van der Waals surface area contributed by atoms with E-state index in [1.807, 2.05) is 0 Å². The molecule has 1 saturated heterocycles. The van der Waals surface area contributed by atoms with Crippen LogP contribution < -0.4 is 10.6 Å². The maximum Gasteiger partial charge on any atom is 0.409 e. The summed E-state index contributed by atoms with van der Waals surface area (Å²) in [6.07, 6.45) is 2.81. The first-order chi connectivity index (χ1) is 14.0. The molecule has 0 unspecified atom stereocenters. The monoisotopic (exact) mass is 401 g/mol. The number of carbonyl (C=O) groups excluding carboxylic acids is 2. The molecule has 0 atom stereocenters. The molecule has 3 amide bonds. The van der Waals surface area contributed by atoms with Gasteiger partial charge < -0.3 is 20.3 Å². The van der Waals surface area contributed by atoms with Crippen molar-refractivity contribution >= 4 is 23.5 Å². The minimum absolute atomic E-state index is 0.106. The highest BCUT2D eigenvalue weighted by molar-refractivity contribution is 5.99. The maximum atomic E-state index is 14.1. The highest BCUT2D eigenvalue weighted by Crippen LogP contribution is 2.19. The van der Waals surface area contributed by atoms with E-state index in [0.29, 0.717) is 45.0 Å². The van der Waals surface area contributed by atoms with Crippen molar-refractivity contribution in [2.75, 3.05) is 43.4 Å². The van der Waals surface area contributed by atoms with E-state index in [1.54, 1.807) is 42.3 Å². The Morgan fingerprint density at radius 2 is 1.97 bits per heavy atom. The van der Waals surface area contributed by atoms with E-state index in [-0.39, 0.29) is 11.8 Å². The van der Waals surface area contributed by atoms with Gasteiger partial charge in [-0.15, -0.1) is 0 Å². The molecule has 1 aliphatic rings. The fourth-order valence-electron chi connectivity index (χ4n) is 3.05. The zero-order valence-corrected chi connectivity index (χ0v) is 16.2. The second-order valence-corrected chi connectivity index (χ2v) is 6.60. The number of carbonyl (C=O) groups is 2. The number of benzene rings is 1. The number of pyridine rings is 1. The van der Waals surface area contributed by atoms with Gasteiger partial charge in [-0.1, -0.05) is 6.07 Å². The van der Waals surface area contributed by atoms with E-state index >= 15 is 0 Å². The van der Waals surface area contributed by atoms with Crippen molar-refractivity contribution in [1.82, 2.24) is 14.8 Å². The average molecular weight is 401 g/mol. The number of piperazine rings is 1. The van der Waals surface area contributed by atoms with Crippen molar-refractivity contribution in [3.8, 4) is 0 Å². The number of anilines is 2. The molecule has 0 saturated carbocycles. The molecule has 9 heteroatoms. The third-order valence-electron chi connectivity index (χ3n) is 4.50. The molecule has 1 aromatic carbocycles. The number of amides is 3. The average Bonchev–Trinajstić information content (AvgIpc) is 2.72. The molecule has 2 heterocycles. The number of urea groups is 1. The summed E-state index contributed by atoms with van der Waals surface area (Å²) >= 11 is 0. The standard InChI is InChI=1S/C20H24FN5O3/c1-2-29-20(28)26-10-8-25(9-11-26)14-15-5-6-17(21)18(12-15)24-19(27)23-16-4-3-7-22-13-16/h3-7,12-13H,2,8-11,14H2,1H3,(H2,23,24,27). The van der Waals surface area contributed by atoms with Crippen LogP contribution in [0, 0.1) is 5.82 Å². The molecule has 29 heavy (non-hydrogen) atoms. The summed E-state index contributed by atoms with van der Waals surface area (Å²) in [5, 5.41) is 5.14. The van der Waals surface area contributed by atoms with Crippen LogP contribution in [0.5, 0.6) is 0 Å². The lowest BCUT2D eigenvalue weighted by Crippen LogP contribution is -2.48. The molecule has 2 N–H and O–H groups in total. The van der Waals surface area contributed by atoms with Crippen LogP contribution in [0.4, 0.5) is 25.4 Å². The molecule has 1 aromatic heterocycles. The van der Waals surface area contributed by atoms with Gasteiger partial charge in [0.15, 0.2) is 0 Å². The Bertz CT molecular complexity index is 841. The predicted octanol–water partition coefficient (Wildman–Crippen LogP) is 3.14. The SMILES string of the molecule is CCOC(=O)N1CCN(Cc2ccc(F)c(NC(=O)Nc3cccnc3)c2)CC1. The van der Waals surface area contributed by atoms with E-state index < -0.39 is 11.8 Å². The van der Waals surface area contributed by atoms with Crippen LogP contribution in [-0.4, -0.2) is 59.7 Å². The Hall–Kier alpha value is -3.20. The van der Waals surface area contributed by atoms with Crippen molar-refractivity contribution in [2.45, 2.75) is 13.5 Å². The number of halogens is 1. The minimum atomic E-state index is -0.544. The first-order valence-electron chi connectivity index (χ1n) is 9.45. The second-order valence-electron chi connectivity index (χ2n) is 6.60. The van der Waals surface area contributed by atoms with Gasteiger partial charge in [0.1, 0.15) is 5.82 Å². The molecule has 0 aliphatic carbocycles. The number of nitrogens with one attached hydrogen (secondary N) is 2. The summed E-state index contributed by atoms with van der Waals surface area (Å²) in [6, 6.07) is 7.49. The first-order valence-corrected chi connectivity index (χ1v) is 9.45. The Morgan fingerprint density at radius 3 is 2.66 bits per heavy atom. The van der Waals surface area contributed by atoms with Gasteiger partial charge in [-0.2, -0.15) is 0 Å². The fraction of sp³-hybridized carbons (Fsp3) is 0.350. The second kappa shape index (κ2) is 9.83. The van der Waals surface area contributed by atoms with E-state index in [0.717, 1.165) is 5.56 Å². The number of rotatable bonds is 5. The van der Waals surface area contributed by atoms with Gasteiger partial charge in [0.25, 0.3) is 0 Å². The number of hydrogen-bond acceptors (Lipinski definition) is 5. The highest BCUT2D eigenvalue weighted by Gasteiger charge is 2.22. The van der Waals surface area contributed by atoms with Crippen LogP contribution in [0.2, 0.25) is 0 Å². The molecule has 0 spiro atoms. The van der Waals surface area contributed by atoms with E-state index in [1.165, 1.54) is 12.3 Å². The minimum Gasteiger partial charge on any atom is -0.450 e. The van der Waals surface area contributed by atoms with Crippen molar-refractivity contribution in [2.24, 2.45) is 0 Å². The van der Waals surface area contributed by atoms with Gasteiger partial charge in [-0.3, -0.25) is 9.88 Å². The largest absolute Gasteiger partial charge is 0.450 e. The molecular formula is C20H24FN5O3.